The van der Waals surface area contributed by atoms with Crippen LogP contribution in [0, 0.1) is 0 Å². The van der Waals surface area contributed by atoms with Crippen molar-refractivity contribution in [2.75, 3.05) is 25.7 Å². The second-order valence-corrected chi connectivity index (χ2v) is 25.0. The van der Waals surface area contributed by atoms with Crippen LogP contribution in [0.3, 0.4) is 0 Å². The third kappa shape index (κ3) is 2.86. The summed E-state index contributed by atoms with van der Waals surface area (Å²) in [5, 5.41) is 0. The van der Waals surface area contributed by atoms with Gasteiger partial charge in [-0.1, -0.05) is 0 Å². The van der Waals surface area contributed by atoms with Crippen molar-refractivity contribution in [2.45, 2.75) is 12.1 Å². The third-order valence-electron chi connectivity index (χ3n) is 2.61. The fraction of sp³-hybridized carbons (Fsp3) is 0.750. The normalized spacial score (nSPS) is 36.1. The summed E-state index contributed by atoms with van der Waals surface area (Å²) in [6, 6.07) is -0.477. The Balaban J connectivity index is 1.96. The summed E-state index contributed by atoms with van der Waals surface area (Å²) in [6.07, 6.45) is 0. The van der Waals surface area contributed by atoms with E-state index in [9.17, 15) is 9.59 Å². The predicted molar refractivity (Wildman–Crippen MR) is 68.5 cm³/mol. The SMILES string of the molecule is COC(=O)C1C[S][Sn]2([NH]1)[NH]C(C(=O)OC)C[S]2. The van der Waals surface area contributed by atoms with Crippen LogP contribution in [-0.2, 0) is 19.1 Å². The molecule has 17 heavy (non-hydrogen) atoms. The zero-order valence-corrected chi connectivity index (χ0v) is 14.0. The summed E-state index contributed by atoms with van der Waals surface area (Å²) in [5.74, 6) is 0.984. The van der Waals surface area contributed by atoms with Gasteiger partial charge in [0.25, 0.3) is 0 Å². The number of rotatable bonds is 2. The number of nitrogens with one attached hydrogen (secondary N) is 2. The maximum absolute atomic E-state index is 11.4. The number of hydrogen-bond donors (Lipinski definition) is 2. The van der Waals surface area contributed by atoms with Crippen LogP contribution in [0.5, 0.6) is 0 Å². The quantitative estimate of drug-likeness (QED) is 0.472. The molecule has 0 aromatic heterocycles. The number of esters is 2. The second kappa shape index (κ2) is 5.55. The van der Waals surface area contributed by atoms with Crippen LogP contribution in [0.2, 0.25) is 0 Å². The molecule has 0 aromatic rings. The maximum atomic E-state index is 11.4. The van der Waals surface area contributed by atoms with Crippen molar-refractivity contribution in [3.8, 4) is 0 Å². The van der Waals surface area contributed by atoms with E-state index < -0.39 is 16.2 Å². The third-order valence-corrected chi connectivity index (χ3v) is 26.3. The monoisotopic (exact) mass is 386 g/mol. The summed E-state index contributed by atoms with van der Waals surface area (Å²) < 4.78 is 16.2. The van der Waals surface area contributed by atoms with Crippen LogP contribution < -0.4 is 7.08 Å². The van der Waals surface area contributed by atoms with Gasteiger partial charge >= 0.3 is 110 Å². The molecule has 2 saturated heterocycles. The summed E-state index contributed by atoms with van der Waals surface area (Å²) in [7, 11) is 6.34. The standard InChI is InChI=1S/2C4H8NO2S.Sn/c2*1-7-4(6)3(5)2-8;/h2*3,5,8H,2H2,1H3;/q2*-1;+4/p-2. The first kappa shape index (κ1) is 13.8. The van der Waals surface area contributed by atoms with Gasteiger partial charge in [-0.25, -0.2) is 0 Å². The van der Waals surface area contributed by atoms with Crippen molar-refractivity contribution in [1.29, 1.82) is 0 Å². The van der Waals surface area contributed by atoms with Crippen LogP contribution in [0.25, 0.3) is 0 Å². The summed E-state index contributed by atoms with van der Waals surface area (Å²) in [4.78, 5) is 22.9. The molecule has 2 unspecified atom stereocenters. The molecular formula is C8H14N2O4S2Sn. The van der Waals surface area contributed by atoms with Crippen molar-refractivity contribution in [3.05, 3.63) is 0 Å². The molecule has 2 atom stereocenters. The van der Waals surface area contributed by atoms with Crippen LogP contribution in [0.15, 0.2) is 0 Å². The van der Waals surface area contributed by atoms with Gasteiger partial charge in [-0.2, -0.15) is 0 Å². The first-order valence-corrected chi connectivity index (χ1v) is 16.9. The molecule has 2 aliphatic rings. The summed E-state index contributed by atoms with van der Waals surface area (Å²) in [6.45, 7) is 0. The van der Waals surface area contributed by atoms with Gasteiger partial charge in [-0.3, -0.25) is 0 Å². The Morgan fingerprint density at radius 2 is 1.47 bits per heavy atom. The van der Waals surface area contributed by atoms with Gasteiger partial charge in [-0.05, 0) is 0 Å². The summed E-state index contributed by atoms with van der Waals surface area (Å²) >= 11 is -2.81. The molecule has 2 rings (SSSR count). The van der Waals surface area contributed by atoms with Crippen molar-refractivity contribution < 1.29 is 19.1 Å². The minimum absolute atomic E-state index is 0.227. The average Bonchev–Trinajstić information content (AvgIpc) is 2.96. The van der Waals surface area contributed by atoms with E-state index in [1.165, 1.54) is 14.2 Å². The van der Waals surface area contributed by atoms with Crippen LogP contribution in [0.1, 0.15) is 0 Å². The van der Waals surface area contributed by atoms with E-state index in [1.807, 2.05) is 0 Å². The van der Waals surface area contributed by atoms with Crippen LogP contribution in [-0.4, -0.2) is 65.9 Å². The number of hydrogen-bond acceptors (Lipinski definition) is 8. The van der Waals surface area contributed by atoms with E-state index in [4.69, 9.17) is 9.47 Å². The van der Waals surface area contributed by atoms with E-state index in [2.05, 4.69) is 7.08 Å². The Labute approximate surface area is 109 Å². The average molecular weight is 385 g/mol. The predicted octanol–water partition coefficient (Wildman–Crippen LogP) is -0.822. The molecule has 0 aliphatic carbocycles. The number of ether oxygens (including phenoxy) is 2. The molecular weight excluding hydrogens is 371 g/mol. The molecule has 0 radical (unpaired) electrons. The molecule has 2 heterocycles. The Kier molecular flexibility index (Phi) is 4.50. The first-order valence-electron chi connectivity index (χ1n) is 5.09. The van der Waals surface area contributed by atoms with E-state index in [1.54, 1.807) is 17.9 Å². The van der Waals surface area contributed by atoms with Gasteiger partial charge in [0.1, 0.15) is 0 Å². The van der Waals surface area contributed by atoms with Crippen LogP contribution >= 0.6 is 17.9 Å². The Bertz CT molecular complexity index is 311. The van der Waals surface area contributed by atoms with Gasteiger partial charge < -0.3 is 0 Å². The topological polar surface area (TPSA) is 76.7 Å². The molecule has 9 heteroatoms. The Morgan fingerprint density at radius 1 is 1.06 bits per heavy atom. The van der Waals surface area contributed by atoms with Crippen molar-refractivity contribution in [2.24, 2.45) is 0 Å². The van der Waals surface area contributed by atoms with Gasteiger partial charge in [-0.15, -0.1) is 0 Å². The van der Waals surface area contributed by atoms with E-state index in [0.717, 1.165) is 11.5 Å². The van der Waals surface area contributed by atoms with Crippen molar-refractivity contribution in [1.82, 2.24) is 7.08 Å². The molecule has 1 spiro atoms. The van der Waals surface area contributed by atoms with Crippen LogP contribution in [0.4, 0.5) is 0 Å². The van der Waals surface area contributed by atoms with Gasteiger partial charge in [0.2, 0.25) is 0 Å². The summed E-state index contributed by atoms with van der Waals surface area (Å²) in [5.41, 5.74) is 0. The fourth-order valence-corrected chi connectivity index (χ4v) is 27.0. The van der Waals surface area contributed by atoms with Gasteiger partial charge in [0.05, 0.1) is 0 Å². The Morgan fingerprint density at radius 3 is 1.82 bits per heavy atom. The molecule has 6 nitrogen and oxygen atoms in total. The number of carbonyl (C=O) groups is 2. The fourth-order valence-electron chi connectivity index (χ4n) is 1.73. The van der Waals surface area contributed by atoms with E-state index in [-0.39, 0.29) is 24.0 Å². The van der Waals surface area contributed by atoms with Crippen molar-refractivity contribution >= 4 is 46.0 Å². The number of methoxy groups -OCH3 is 2. The molecule has 2 fully saturated rings. The molecule has 2 N–H and O–H groups in total. The Hall–Kier alpha value is 0.359. The van der Waals surface area contributed by atoms with Gasteiger partial charge in [0.15, 0.2) is 0 Å². The zero-order valence-electron chi connectivity index (χ0n) is 9.52. The second-order valence-electron chi connectivity index (χ2n) is 3.68. The van der Waals surface area contributed by atoms with Crippen molar-refractivity contribution in [3.63, 3.8) is 0 Å². The van der Waals surface area contributed by atoms with Gasteiger partial charge in [0, 0.05) is 0 Å². The molecule has 2 aliphatic heterocycles. The first-order chi connectivity index (χ1) is 8.10. The molecule has 96 valence electrons. The number of carbonyl (C=O) groups excluding carboxylic acids is 2. The zero-order chi connectivity index (χ0) is 12.5. The van der Waals surface area contributed by atoms with E-state index in [0.29, 0.717) is 0 Å². The minimum atomic E-state index is -2.81. The molecule has 0 bridgehead atoms. The molecule has 0 amide bonds. The van der Waals surface area contributed by atoms with E-state index >= 15 is 0 Å². The molecule has 0 saturated carbocycles. The molecule has 0 aromatic carbocycles.